The van der Waals surface area contributed by atoms with E-state index in [9.17, 15) is 4.79 Å². The van der Waals surface area contributed by atoms with Crippen LogP contribution >= 0.6 is 11.6 Å². The first-order valence-electron chi connectivity index (χ1n) is 9.76. The van der Waals surface area contributed by atoms with Crippen molar-refractivity contribution in [3.63, 3.8) is 0 Å². The van der Waals surface area contributed by atoms with Crippen LogP contribution in [0.25, 0.3) is 22.9 Å². The highest BCUT2D eigenvalue weighted by Gasteiger charge is 2.29. The largest absolute Gasteiger partial charge is 0.497 e. The van der Waals surface area contributed by atoms with Gasteiger partial charge in [0.05, 0.1) is 12.8 Å². The number of rotatable bonds is 5. The SMILES string of the molecule is CCO[C@@]1(C)C=Cc2cc(-c3ccc(OC)cc3)c(=O)n(-c3ccc(Cl)cc3)c2N1. The number of aromatic nitrogens is 1. The molecule has 5 nitrogen and oxygen atoms in total. The van der Waals surface area contributed by atoms with Gasteiger partial charge in [0.2, 0.25) is 0 Å². The van der Waals surface area contributed by atoms with Gasteiger partial charge in [-0.15, -0.1) is 0 Å². The molecule has 6 heteroatoms. The van der Waals surface area contributed by atoms with Crippen molar-refractivity contribution in [2.45, 2.75) is 19.6 Å². The number of benzene rings is 2. The van der Waals surface area contributed by atoms with Crippen LogP contribution in [-0.4, -0.2) is 24.0 Å². The van der Waals surface area contributed by atoms with Crippen LogP contribution in [0.4, 0.5) is 5.82 Å². The Balaban J connectivity index is 1.95. The molecule has 2 aromatic carbocycles. The Morgan fingerprint density at radius 3 is 2.43 bits per heavy atom. The number of nitrogens with zero attached hydrogens (tertiary/aromatic N) is 1. The van der Waals surface area contributed by atoms with E-state index in [1.165, 1.54) is 0 Å². The van der Waals surface area contributed by atoms with E-state index in [-0.39, 0.29) is 5.56 Å². The Bertz CT molecular complexity index is 1150. The summed E-state index contributed by atoms with van der Waals surface area (Å²) >= 11 is 6.08. The van der Waals surface area contributed by atoms with Crippen molar-refractivity contribution in [3.05, 3.63) is 81.6 Å². The predicted octanol–water partition coefficient (Wildman–Crippen LogP) is 5.36. The highest BCUT2D eigenvalue weighted by Crippen LogP contribution is 2.33. The zero-order chi connectivity index (χ0) is 21.3. The lowest BCUT2D eigenvalue weighted by Gasteiger charge is -2.34. The summed E-state index contributed by atoms with van der Waals surface area (Å²) in [5.74, 6) is 1.42. The van der Waals surface area contributed by atoms with Crippen molar-refractivity contribution in [1.82, 2.24) is 4.57 Å². The number of halogens is 1. The summed E-state index contributed by atoms with van der Waals surface area (Å²) in [7, 11) is 1.62. The molecule has 0 bridgehead atoms. The second-order valence-electron chi connectivity index (χ2n) is 7.21. The molecule has 1 N–H and O–H groups in total. The highest BCUT2D eigenvalue weighted by molar-refractivity contribution is 6.30. The van der Waals surface area contributed by atoms with E-state index in [1.807, 2.05) is 68.5 Å². The van der Waals surface area contributed by atoms with Gasteiger partial charge in [0.25, 0.3) is 5.56 Å². The summed E-state index contributed by atoms with van der Waals surface area (Å²) in [5.41, 5.74) is 2.19. The fourth-order valence-corrected chi connectivity index (χ4v) is 3.74. The molecular formula is C24H23ClN2O3. The summed E-state index contributed by atoms with van der Waals surface area (Å²) in [6.07, 6.45) is 3.95. The molecule has 4 rings (SSSR count). The van der Waals surface area contributed by atoms with Gasteiger partial charge in [0, 0.05) is 22.8 Å². The Morgan fingerprint density at radius 2 is 1.80 bits per heavy atom. The van der Waals surface area contributed by atoms with E-state index < -0.39 is 5.72 Å². The Labute approximate surface area is 180 Å². The van der Waals surface area contributed by atoms with Gasteiger partial charge in [0.1, 0.15) is 11.6 Å². The van der Waals surface area contributed by atoms with Crippen molar-refractivity contribution < 1.29 is 9.47 Å². The quantitative estimate of drug-likeness (QED) is 0.601. The van der Waals surface area contributed by atoms with E-state index in [2.05, 4.69) is 5.32 Å². The number of ether oxygens (including phenoxy) is 2. The average molecular weight is 423 g/mol. The Kier molecular flexibility index (Phi) is 5.41. The van der Waals surface area contributed by atoms with Gasteiger partial charge >= 0.3 is 0 Å². The van der Waals surface area contributed by atoms with Crippen LogP contribution in [0.1, 0.15) is 19.4 Å². The van der Waals surface area contributed by atoms with E-state index in [0.717, 1.165) is 22.6 Å². The maximum atomic E-state index is 13.6. The zero-order valence-corrected chi connectivity index (χ0v) is 17.9. The first kappa shape index (κ1) is 20.3. The molecule has 0 saturated carbocycles. The van der Waals surface area contributed by atoms with E-state index in [1.54, 1.807) is 23.8 Å². The lowest BCUT2D eigenvalue weighted by molar-refractivity contribution is 0.0352. The number of anilines is 1. The first-order chi connectivity index (χ1) is 14.4. The highest BCUT2D eigenvalue weighted by atomic mass is 35.5. The van der Waals surface area contributed by atoms with Gasteiger partial charge < -0.3 is 14.8 Å². The lowest BCUT2D eigenvalue weighted by atomic mass is 10.0. The molecule has 0 unspecified atom stereocenters. The monoisotopic (exact) mass is 422 g/mol. The van der Waals surface area contributed by atoms with Crippen molar-refractivity contribution in [2.24, 2.45) is 0 Å². The second-order valence-corrected chi connectivity index (χ2v) is 7.64. The van der Waals surface area contributed by atoms with Gasteiger partial charge in [-0.2, -0.15) is 0 Å². The van der Waals surface area contributed by atoms with Gasteiger partial charge in [-0.3, -0.25) is 9.36 Å². The summed E-state index contributed by atoms with van der Waals surface area (Å²) in [4.78, 5) is 13.6. The van der Waals surface area contributed by atoms with E-state index in [4.69, 9.17) is 21.1 Å². The number of pyridine rings is 1. The van der Waals surface area contributed by atoms with Crippen LogP contribution < -0.4 is 15.6 Å². The number of nitrogens with one attached hydrogen (secondary N) is 1. The van der Waals surface area contributed by atoms with Crippen molar-refractivity contribution in [1.29, 1.82) is 0 Å². The molecule has 0 radical (unpaired) electrons. The normalized spacial score (nSPS) is 17.3. The standard InChI is InChI=1S/C24H23ClN2O3/c1-4-30-24(2)14-13-17-15-21(16-5-11-20(29-3)12-6-16)23(28)27(22(17)26-24)19-9-7-18(25)8-10-19/h5-15,26H,4H2,1-3H3/t24-/m0/s1. The smallest absolute Gasteiger partial charge is 0.264 e. The molecule has 0 aliphatic carbocycles. The summed E-state index contributed by atoms with van der Waals surface area (Å²) in [6, 6.07) is 16.6. The predicted molar refractivity (Wildman–Crippen MR) is 122 cm³/mol. The van der Waals surface area contributed by atoms with Gasteiger partial charge in [0.15, 0.2) is 5.72 Å². The van der Waals surface area contributed by atoms with Crippen molar-refractivity contribution >= 4 is 23.5 Å². The van der Waals surface area contributed by atoms with Crippen LogP contribution in [0.3, 0.4) is 0 Å². The maximum absolute atomic E-state index is 13.6. The molecule has 0 amide bonds. The molecule has 1 aromatic heterocycles. The average Bonchev–Trinajstić information content (AvgIpc) is 2.75. The first-order valence-corrected chi connectivity index (χ1v) is 10.1. The fourth-order valence-electron chi connectivity index (χ4n) is 3.62. The molecule has 154 valence electrons. The number of hydrogen-bond donors (Lipinski definition) is 1. The minimum Gasteiger partial charge on any atom is -0.497 e. The van der Waals surface area contributed by atoms with Gasteiger partial charge in [-0.05, 0) is 68.0 Å². The topological polar surface area (TPSA) is 52.5 Å². The summed E-state index contributed by atoms with van der Waals surface area (Å²) in [6.45, 7) is 4.41. The van der Waals surface area contributed by atoms with Crippen LogP contribution in [0.2, 0.25) is 5.02 Å². The molecule has 1 aliphatic heterocycles. The Hall–Kier alpha value is -3.02. The van der Waals surface area contributed by atoms with Gasteiger partial charge in [-0.1, -0.05) is 29.8 Å². The molecule has 3 aromatic rings. The molecule has 1 aliphatic rings. The third kappa shape index (κ3) is 3.74. The molecular weight excluding hydrogens is 400 g/mol. The van der Waals surface area contributed by atoms with Crippen LogP contribution in [-0.2, 0) is 4.74 Å². The molecule has 30 heavy (non-hydrogen) atoms. The van der Waals surface area contributed by atoms with Crippen LogP contribution in [0, 0.1) is 0 Å². The third-order valence-corrected chi connectivity index (χ3v) is 5.36. The number of hydrogen-bond acceptors (Lipinski definition) is 4. The molecule has 0 spiro atoms. The third-order valence-electron chi connectivity index (χ3n) is 5.11. The maximum Gasteiger partial charge on any atom is 0.264 e. The van der Waals surface area contributed by atoms with Crippen molar-refractivity contribution in [3.8, 4) is 22.6 Å². The lowest BCUT2D eigenvalue weighted by Crippen LogP contribution is -2.40. The van der Waals surface area contributed by atoms with E-state index >= 15 is 0 Å². The summed E-state index contributed by atoms with van der Waals surface area (Å²) in [5, 5.41) is 4.00. The molecule has 0 fully saturated rings. The van der Waals surface area contributed by atoms with Gasteiger partial charge in [-0.25, -0.2) is 0 Å². The minimum absolute atomic E-state index is 0.136. The molecule has 0 saturated heterocycles. The molecule has 2 heterocycles. The van der Waals surface area contributed by atoms with Crippen LogP contribution in [0.5, 0.6) is 5.75 Å². The van der Waals surface area contributed by atoms with Crippen molar-refractivity contribution in [2.75, 3.05) is 19.0 Å². The fraction of sp³-hybridized carbons (Fsp3) is 0.208. The Morgan fingerprint density at radius 1 is 1.10 bits per heavy atom. The van der Waals surface area contributed by atoms with Crippen LogP contribution in [0.15, 0.2) is 65.5 Å². The minimum atomic E-state index is -0.704. The zero-order valence-electron chi connectivity index (χ0n) is 17.1. The number of methoxy groups -OCH3 is 1. The molecule has 1 atom stereocenters. The summed E-state index contributed by atoms with van der Waals surface area (Å²) < 4.78 is 12.8. The number of fused-ring (bicyclic) bond motifs is 1. The second kappa shape index (κ2) is 8.01. The van der Waals surface area contributed by atoms with E-state index in [0.29, 0.717) is 23.0 Å².